The second-order valence-electron chi connectivity index (χ2n) is 9.13. The van der Waals surface area contributed by atoms with Gasteiger partial charge in [0, 0.05) is 29.0 Å². The summed E-state index contributed by atoms with van der Waals surface area (Å²) in [5.74, 6) is 0.0616. The number of amides is 2. The molecule has 0 aromatic heterocycles. The standard InChI is InChI=1S/C34H29N3O3/c38-33(26-15-21-30(22-16-26)40-24-23-25-9-3-1-4-10-25)37-32-14-8-7-13-31(32)34(39)36-29-19-17-28(18-20-29)35-27-11-5-2-6-12-27/h1-22,35H,23-24H2,(H,36,39)(H,37,38). The Hall–Kier alpha value is -5.36. The molecule has 6 heteroatoms. The molecule has 0 fully saturated rings. The van der Waals surface area contributed by atoms with Gasteiger partial charge in [-0.2, -0.15) is 0 Å². The fourth-order valence-electron chi connectivity index (χ4n) is 4.14. The molecule has 0 atom stereocenters. The molecule has 0 saturated carbocycles. The molecule has 5 rings (SSSR count). The zero-order valence-electron chi connectivity index (χ0n) is 21.8. The Morgan fingerprint density at radius 1 is 0.550 bits per heavy atom. The van der Waals surface area contributed by atoms with Crippen molar-refractivity contribution in [1.82, 2.24) is 0 Å². The van der Waals surface area contributed by atoms with Gasteiger partial charge in [-0.1, -0.05) is 60.7 Å². The number of hydrogen-bond donors (Lipinski definition) is 3. The fraction of sp³-hybridized carbons (Fsp3) is 0.0588. The number of carbonyl (C=O) groups is 2. The minimum atomic E-state index is -0.318. The van der Waals surface area contributed by atoms with Crippen molar-refractivity contribution < 1.29 is 14.3 Å². The van der Waals surface area contributed by atoms with Crippen LogP contribution in [0.1, 0.15) is 26.3 Å². The van der Waals surface area contributed by atoms with Gasteiger partial charge >= 0.3 is 0 Å². The van der Waals surface area contributed by atoms with Crippen molar-refractivity contribution in [3.63, 3.8) is 0 Å². The Labute approximate surface area is 233 Å². The maximum Gasteiger partial charge on any atom is 0.257 e. The highest BCUT2D eigenvalue weighted by molar-refractivity contribution is 6.12. The molecule has 0 aliphatic rings. The summed E-state index contributed by atoms with van der Waals surface area (Å²) in [6, 6.07) is 41.3. The van der Waals surface area contributed by atoms with Gasteiger partial charge in [0.1, 0.15) is 5.75 Å². The molecule has 3 N–H and O–H groups in total. The van der Waals surface area contributed by atoms with E-state index in [-0.39, 0.29) is 11.8 Å². The average Bonchev–Trinajstić information content (AvgIpc) is 3.00. The van der Waals surface area contributed by atoms with Crippen LogP contribution in [-0.2, 0) is 6.42 Å². The van der Waals surface area contributed by atoms with Crippen molar-refractivity contribution >= 4 is 34.6 Å². The maximum atomic E-state index is 13.1. The molecule has 5 aromatic carbocycles. The molecule has 0 spiro atoms. The fourth-order valence-corrected chi connectivity index (χ4v) is 4.14. The summed E-state index contributed by atoms with van der Waals surface area (Å²) in [7, 11) is 0. The molecule has 0 saturated heterocycles. The average molecular weight is 528 g/mol. The highest BCUT2D eigenvalue weighted by Crippen LogP contribution is 2.22. The van der Waals surface area contributed by atoms with Gasteiger partial charge in [-0.25, -0.2) is 0 Å². The lowest BCUT2D eigenvalue weighted by atomic mass is 10.1. The van der Waals surface area contributed by atoms with E-state index in [4.69, 9.17) is 4.74 Å². The summed E-state index contributed by atoms with van der Waals surface area (Å²) in [5, 5.41) is 9.08. The van der Waals surface area contributed by atoms with E-state index < -0.39 is 0 Å². The minimum Gasteiger partial charge on any atom is -0.493 e. The van der Waals surface area contributed by atoms with E-state index in [1.807, 2.05) is 72.8 Å². The number of ether oxygens (including phenoxy) is 1. The van der Waals surface area contributed by atoms with Crippen LogP contribution in [-0.4, -0.2) is 18.4 Å². The first-order valence-corrected chi connectivity index (χ1v) is 13.0. The van der Waals surface area contributed by atoms with Crippen LogP contribution in [0.2, 0.25) is 0 Å². The second-order valence-corrected chi connectivity index (χ2v) is 9.13. The Morgan fingerprint density at radius 2 is 1.15 bits per heavy atom. The van der Waals surface area contributed by atoms with E-state index in [9.17, 15) is 9.59 Å². The van der Waals surface area contributed by atoms with Crippen molar-refractivity contribution in [3.05, 3.63) is 150 Å². The van der Waals surface area contributed by atoms with Crippen molar-refractivity contribution in [3.8, 4) is 5.75 Å². The van der Waals surface area contributed by atoms with E-state index in [1.165, 1.54) is 5.56 Å². The number of anilines is 4. The Morgan fingerprint density at radius 3 is 1.88 bits per heavy atom. The number of hydrogen-bond acceptors (Lipinski definition) is 4. The summed E-state index contributed by atoms with van der Waals surface area (Å²) < 4.78 is 5.82. The van der Waals surface area contributed by atoms with Crippen LogP contribution in [0.4, 0.5) is 22.7 Å². The van der Waals surface area contributed by atoms with Gasteiger partial charge in [-0.15, -0.1) is 0 Å². The number of benzene rings is 5. The lowest BCUT2D eigenvalue weighted by Gasteiger charge is -2.13. The molecule has 0 unspecified atom stereocenters. The smallest absolute Gasteiger partial charge is 0.257 e. The van der Waals surface area contributed by atoms with Crippen molar-refractivity contribution in [1.29, 1.82) is 0 Å². The van der Waals surface area contributed by atoms with Crippen molar-refractivity contribution in [2.45, 2.75) is 6.42 Å². The summed E-state index contributed by atoms with van der Waals surface area (Å²) in [4.78, 5) is 26.0. The van der Waals surface area contributed by atoms with E-state index in [1.54, 1.807) is 48.5 Å². The lowest BCUT2D eigenvalue weighted by Crippen LogP contribution is -2.18. The van der Waals surface area contributed by atoms with Gasteiger partial charge in [0.2, 0.25) is 0 Å². The molecule has 40 heavy (non-hydrogen) atoms. The van der Waals surface area contributed by atoms with E-state index >= 15 is 0 Å². The minimum absolute atomic E-state index is 0.313. The van der Waals surface area contributed by atoms with Gasteiger partial charge in [0.25, 0.3) is 11.8 Å². The zero-order chi connectivity index (χ0) is 27.6. The number of carbonyl (C=O) groups excluding carboxylic acids is 2. The van der Waals surface area contributed by atoms with Crippen LogP contribution in [0.25, 0.3) is 0 Å². The first kappa shape index (κ1) is 26.3. The SMILES string of the molecule is O=C(Nc1ccccc1C(=O)Nc1ccc(Nc2ccccc2)cc1)c1ccc(OCCc2ccccc2)cc1. The Bertz CT molecular complexity index is 1550. The third-order valence-corrected chi connectivity index (χ3v) is 6.24. The third-order valence-electron chi connectivity index (χ3n) is 6.24. The number of rotatable bonds is 10. The first-order valence-electron chi connectivity index (χ1n) is 13.0. The Balaban J connectivity index is 1.17. The number of para-hydroxylation sites is 2. The molecular weight excluding hydrogens is 498 g/mol. The van der Waals surface area contributed by atoms with Crippen LogP contribution < -0.4 is 20.7 Å². The molecule has 0 aliphatic heterocycles. The number of nitrogens with one attached hydrogen (secondary N) is 3. The molecule has 0 aliphatic carbocycles. The highest BCUT2D eigenvalue weighted by Gasteiger charge is 2.15. The molecule has 5 aromatic rings. The molecule has 198 valence electrons. The van der Waals surface area contributed by atoms with Crippen LogP contribution >= 0.6 is 0 Å². The largest absolute Gasteiger partial charge is 0.493 e. The van der Waals surface area contributed by atoms with E-state index in [0.717, 1.165) is 17.8 Å². The van der Waals surface area contributed by atoms with Gasteiger partial charge in [0.05, 0.1) is 17.9 Å². The topological polar surface area (TPSA) is 79.5 Å². The highest BCUT2D eigenvalue weighted by atomic mass is 16.5. The first-order chi connectivity index (χ1) is 19.6. The quantitative estimate of drug-likeness (QED) is 0.175. The summed E-state index contributed by atoms with van der Waals surface area (Å²) in [6.45, 7) is 0.546. The lowest BCUT2D eigenvalue weighted by molar-refractivity contribution is 0.102. The monoisotopic (exact) mass is 527 g/mol. The summed E-state index contributed by atoms with van der Waals surface area (Å²) >= 11 is 0. The summed E-state index contributed by atoms with van der Waals surface area (Å²) in [6.07, 6.45) is 0.802. The van der Waals surface area contributed by atoms with Gasteiger partial charge in [-0.05, 0) is 78.4 Å². The van der Waals surface area contributed by atoms with Gasteiger partial charge in [0.15, 0.2) is 0 Å². The van der Waals surface area contributed by atoms with E-state index in [2.05, 4.69) is 28.1 Å². The molecular formula is C34H29N3O3. The van der Waals surface area contributed by atoms with Crippen LogP contribution in [0.5, 0.6) is 5.75 Å². The maximum absolute atomic E-state index is 13.1. The molecule has 0 heterocycles. The molecule has 0 bridgehead atoms. The van der Waals surface area contributed by atoms with Gasteiger partial charge < -0.3 is 20.7 Å². The van der Waals surface area contributed by atoms with Crippen LogP contribution in [0.3, 0.4) is 0 Å². The van der Waals surface area contributed by atoms with Crippen molar-refractivity contribution in [2.75, 3.05) is 22.6 Å². The Kier molecular flexibility index (Phi) is 8.49. The van der Waals surface area contributed by atoms with Crippen LogP contribution in [0.15, 0.2) is 133 Å². The van der Waals surface area contributed by atoms with Gasteiger partial charge in [-0.3, -0.25) is 9.59 Å². The predicted molar refractivity (Wildman–Crippen MR) is 161 cm³/mol. The second kappa shape index (κ2) is 12.9. The normalized spacial score (nSPS) is 10.4. The van der Waals surface area contributed by atoms with E-state index in [0.29, 0.717) is 34.9 Å². The molecule has 0 radical (unpaired) electrons. The molecule has 2 amide bonds. The predicted octanol–water partition coefficient (Wildman–Crippen LogP) is 7.56. The third kappa shape index (κ3) is 7.14. The van der Waals surface area contributed by atoms with Crippen LogP contribution in [0, 0.1) is 0 Å². The molecule has 6 nitrogen and oxygen atoms in total. The summed E-state index contributed by atoms with van der Waals surface area (Å²) in [5.41, 5.74) is 5.00. The zero-order valence-corrected chi connectivity index (χ0v) is 21.8. The van der Waals surface area contributed by atoms with Crippen molar-refractivity contribution in [2.24, 2.45) is 0 Å².